The molecule has 1 aromatic heterocycles. The van der Waals surface area contributed by atoms with Gasteiger partial charge in [0.15, 0.2) is 0 Å². The molecular formula is C21H22BrN3O3. The van der Waals surface area contributed by atoms with Crippen LogP contribution in [0.1, 0.15) is 23.6 Å². The van der Waals surface area contributed by atoms with Crippen LogP contribution in [0.3, 0.4) is 0 Å². The molecule has 2 heterocycles. The summed E-state index contributed by atoms with van der Waals surface area (Å²) in [6.07, 6.45) is 3.80. The van der Waals surface area contributed by atoms with Gasteiger partial charge >= 0.3 is 0 Å². The van der Waals surface area contributed by atoms with Crippen LogP contribution >= 0.6 is 15.9 Å². The van der Waals surface area contributed by atoms with Crippen molar-refractivity contribution >= 4 is 33.4 Å². The summed E-state index contributed by atoms with van der Waals surface area (Å²) in [6, 6.07) is 10.1. The molecule has 0 spiro atoms. The number of halogens is 1. The van der Waals surface area contributed by atoms with E-state index in [2.05, 4.69) is 20.9 Å². The molecule has 0 aliphatic carbocycles. The summed E-state index contributed by atoms with van der Waals surface area (Å²) in [7, 11) is 3.92. The van der Waals surface area contributed by atoms with E-state index in [0.29, 0.717) is 12.1 Å². The van der Waals surface area contributed by atoms with E-state index in [9.17, 15) is 14.7 Å². The minimum atomic E-state index is -0.663. The Hall–Kier alpha value is -2.51. The number of rotatable bonds is 6. The van der Waals surface area contributed by atoms with Gasteiger partial charge in [0.25, 0.3) is 11.7 Å². The number of aromatic nitrogens is 1. The molecule has 0 bridgehead atoms. The third-order valence-electron chi connectivity index (χ3n) is 4.66. The van der Waals surface area contributed by atoms with E-state index < -0.39 is 17.7 Å². The highest BCUT2D eigenvalue weighted by Crippen LogP contribution is 2.39. The molecule has 1 amide bonds. The first-order valence-electron chi connectivity index (χ1n) is 8.99. The summed E-state index contributed by atoms with van der Waals surface area (Å²) in [6.45, 7) is 1.21. The van der Waals surface area contributed by atoms with Gasteiger partial charge in [-0.05, 0) is 56.9 Å². The van der Waals surface area contributed by atoms with E-state index in [1.165, 1.54) is 12.4 Å². The zero-order valence-corrected chi connectivity index (χ0v) is 17.4. The van der Waals surface area contributed by atoms with Gasteiger partial charge in [-0.2, -0.15) is 0 Å². The van der Waals surface area contributed by atoms with Gasteiger partial charge in [-0.25, -0.2) is 0 Å². The molecule has 1 atom stereocenters. The van der Waals surface area contributed by atoms with Gasteiger partial charge in [-0.15, -0.1) is 0 Å². The topological polar surface area (TPSA) is 73.7 Å². The van der Waals surface area contributed by atoms with E-state index in [4.69, 9.17) is 0 Å². The van der Waals surface area contributed by atoms with Crippen molar-refractivity contribution in [3.63, 3.8) is 0 Å². The summed E-state index contributed by atoms with van der Waals surface area (Å²) in [4.78, 5) is 33.2. The average Bonchev–Trinajstić information content (AvgIpc) is 2.93. The molecule has 1 aliphatic rings. The van der Waals surface area contributed by atoms with Crippen LogP contribution in [0.25, 0.3) is 5.76 Å². The van der Waals surface area contributed by atoms with Gasteiger partial charge in [0, 0.05) is 29.0 Å². The van der Waals surface area contributed by atoms with Gasteiger partial charge < -0.3 is 14.9 Å². The number of hydrogen-bond acceptors (Lipinski definition) is 5. The molecule has 28 heavy (non-hydrogen) atoms. The molecule has 1 N–H and O–H groups in total. The average molecular weight is 444 g/mol. The van der Waals surface area contributed by atoms with Crippen molar-refractivity contribution in [3.05, 3.63) is 70.0 Å². The summed E-state index contributed by atoms with van der Waals surface area (Å²) in [5.41, 5.74) is 1.34. The molecule has 1 fully saturated rings. The molecule has 1 aliphatic heterocycles. The number of nitrogens with zero attached hydrogens (tertiary/aromatic N) is 3. The molecule has 0 saturated carbocycles. The van der Waals surface area contributed by atoms with Crippen molar-refractivity contribution in [2.75, 3.05) is 27.2 Å². The lowest BCUT2D eigenvalue weighted by Gasteiger charge is -2.26. The predicted molar refractivity (Wildman–Crippen MR) is 111 cm³/mol. The third kappa shape index (κ3) is 4.15. The molecular weight excluding hydrogens is 422 g/mol. The molecule has 7 heteroatoms. The van der Waals surface area contributed by atoms with E-state index in [1.807, 2.05) is 43.3 Å². The number of pyridine rings is 1. The highest BCUT2D eigenvalue weighted by atomic mass is 79.9. The van der Waals surface area contributed by atoms with Gasteiger partial charge in [-0.3, -0.25) is 14.6 Å². The van der Waals surface area contributed by atoms with Crippen molar-refractivity contribution in [1.29, 1.82) is 0 Å². The lowest BCUT2D eigenvalue weighted by Crippen LogP contribution is -2.32. The van der Waals surface area contributed by atoms with Gasteiger partial charge in [0.1, 0.15) is 5.76 Å². The monoisotopic (exact) mass is 443 g/mol. The minimum absolute atomic E-state index is 0.110. The van der Waals surface area contributed by atoms with Crippen LogP contribution in [-0.4, -0.2) is 58.8 Å². The van der Waals surface area contributed by atoms with Crippen LogP contribution < -0.4 is 0 Å². The molecule has 1 saturated heterocycles. The van der Waals surface area contributed by atoms with E-state index >= 15 is 0 Å². The number of aliphatic hydroxyl groups excluding tert-OH is 1. The van der Waals surface area contributed by atoms with Crippen LogP contribution in [0.5, 0.6) is 0 Å². The largest absolute Gasteiger partial charge is 0.507 e. The number of carbonyl (C=O) groups is 2. The highest BCUT2D eigenvalue weighted by Gasteiger charge is 2.45. The Morgan fingerprint density at radius 1 is 1.21 bits per heavy atom. The maximum atomic E-state index is 12.8. The van der Waals surface area contributed by atoms with Crippen LogP contribution in [0.2, 0.25) is 0 Å². The van der Waals surface area contributed by atoms with Crippen LogP contribution in [0, 0.1) is 0 Å². The number of hydrogen-bond donors (Lipinski definition) is 1. The number of ketones is 1. The first-order chi connectivity index (χ1) is 13.4. The summed E-state index contributed by atoms with van der Waals surface area (Å²) >= 11 is 3.45. The van der Waals surface area contributed by atoms with Crippen molar-refractivity contribution in [1.82, 2.24) is 14.8 Å². The van der Waals surface area contributed by atoms with Crippen molar-refractivity contribution in [3.8, 4) is 0 Å². The van der Waals surface area contributed by atoms with Crippen LogP contribution in [0.15, 0.2) is 58.8 Å². The normalized spacial score (nSPS) is 18.9. The predicted octanol–water partition coefficient (Wildman–Crippen LogP) is 3.22. The van der Waals surface area contributed by atoms with E-state index in [-0.39, 0.29) is 11.3 Å². The lowest BCUT2D eigenvalue weighted by molar-refractivity contribution is -0.139. The number of likely N-dealkylation sites (tertiary alicyclic amines) is 1. The zero-order valence-electron chi connectivity index (χ0n) is 15.8. The quantitative estimate of drug-likeness (QED) is 0.421. The summed E-state index contributed by atoms with van der Waals surface area (Å²) in [5, 5.41) is 10.9. The lowest BCUT2D eigenvalue weighted by atomic mass is 9.95. The second-order valence-electron chi connectivity index (χ2n) is 6.94. The third-order valence-corrected chi connectivity index (χ3v) is 5.16. The Labute approximate surface area is 172 Å². The first kappa shape index (κ1) is 20.2. The maximum absolute atomic E-state index is 12.8. The van der Waals surface area contributed by atoms with Crippen molar-refractivity contribution in [2.45, 2.75) is 12.5 Å². The molecule has 1 aromatic carbocycles. The molecule has 0 radical (unpaired) electrons. The summed E-state index contributed by atoms with van der Waals surface area (Å²) < 4.78 is 0.841. The van der Waals surface area contributed by atoms with E-state index in [1.54, 1.807) is 17.0 Å². The molecule has 3 rings (SSSR count). The molecule has 146 valence electrons. The highest BCUT2D eigenvalue weighted by molar-refractivity contribution is 9.10. The zero-order chi connectivity index (χ0) is 20.3. The van der Waals surface area contributed by atoms with Gasteiger partial charge in [0.2, 0.25) is 0 Å². The number of Topliss-reactive ketones (excluding diaryl/α,β-unsaturated/α-hetero) is 1. The van der Waals surface area contributed by atoms with Crippen molar-refractivity contribution in [2.24, 2.45) is 0 Å². The minimum Gasteiger partial charge on any atom is -0.507 e. The summed E-state index contributed by atoms with van der Waals surface area (Å²) in [5.74, 6) is -1.43. The van der Waals surface area contributed by atoms with Crippen molar-refractivity contribution < 1.29 is 14.7 Å². The molecule has 2 aromatic rings. The SMILES string of the molecule is CN(C)CCCN1C(=O)C(=O)C(=C(O)c2ccncc2)C1c1cccc(Br)c1. The number of benzene rings is 1. The fraction of sp³-hybridized carbons (Fsp3) is 0.286. The Morgan fingerprint density at radius 3 is 2.57 bits per heavy atom. The number of amides is 1. The fourth-order valence-electron chi connectivity index (χ4n) is 3.36. The Kier molecular flexibility index (Phi) is 6.26. The Balaban J connectivity index is 2.08. The molecule has 1 unspecified atom stereocenters. The fourth-order valence-corrected chi connectivity index (χ4v) is 3.77. The second-order valence-corrected chi connectivity index (χ2v) is 7.86. The van der Waals surface area contributed by atoms with Crippen LogP contribution in [0.4, 0.5) is 0 Å². The molecule has 6 nitrogen and oxygen atoms in total. The first-order valence-corrected chi connectivity index (χ1v) is 9.78. The van der Waals surface area contributed by atoms with Gasteiger partial charge in [0.05, 0.1) is 11.6 Å². The smallest absolute Gasteiger partial charge is 0.295 e. The number of aliphatic hydroxyl groups is 1. The number of carbonyl (C=O) groups excluding carboxylic acids is 2. The van der Waals surface area contributed by atoms with Gasteiger partial charge in [-0.1, -0.05) is 28.1 Å². The van der Waals surface area contributed by atoms with E-state index in [0.717, 1.165) is 23.0 Å². The maximum Gasteiger partial charge on any atom is 0.295 e. The van der Waals surface area contributed by atoms with Crippen LogP contribution in [-0.2, 0) is 9.59 Å². The Morgan fingerprint density at radius 2 is 1.93 bits per heavy atom. The second kappa shape index (κ2) is 8.67. The Bertz CT molecular complexity index is 912. The standard InChI is InChI=1S/C21H22BrN3O3/c1-24(2)11-4-12-25-18(15-5-3-6-16(22)13-15)17(20(27)21(25)28)19(26)14-7-9-23-10-8-14/h3,5-10,13,18,26H,4,11-12H2,1-2H3.